The van der Waals surface area contributed by atoms with Crippen LogP contribution in [0.5, 0.6) is 0 Å². The number of carbonyl (C=O) groups is 2. The van der Waals surface area contributed by atoms with Gasteiger partial charge in [0.2, 0.25) is 11.9 Å². The largest absolute Gasteiger partial charge is 0.340 e. The molecule has 0 aliphatic carbocycles. The minimum Gasteiger partial charge on any atom is -0.340 e. The van der Waals surface area contributed by atoms with Gasteiger partial charge in [0.05, 0.1) is 15.6 Å². The van der Waals surface area contributed by atoms with Gasteiger partial charge in [-0.1, -0.05) is 29.3 Å². The number of benzene rings is 1. The molecular weight excluding hydrogens is 317 g/mol. The molecule has 9 heteroatoms. The van der Waals surface area contributed by atoms with E-state index < -0.39 is 17.9 Å². The molecule has 1 heterocycles. The molecule has 0 aliphatic rings. The van der Waals surface area contributed by atoms with Crippen molar-refractivity contribution in [2.24, 2.45) is 0 Å². The fourth-order valence-electron chi connectivity index (χ4n) is 1.51. The molecule has 2 aromatic rings. The molecule has 1 aromatic carbocycles. The summed E-state index contributed by atoms with van der Waals surface area (Å²) >= 11 is 11.8. The third-order valence-electron chi connectivity index (χ3n) is 2.59. The molecule has 1 unspecified atom stereocenters. The van der Waals surface area contributed by atoms with Gasteiger partial charge in [-0.25, -0.2) is 5.10 Å². The Morgan fingerprint density at radius 2 is 2.10 bits per heavy atom. The summed E-state index contributed by atoms with van der Waals surface area (Å²) in [4.78, 5) is 27.7. The van der Waals surface area contributed by atoms with Crippen LogP contribution in [-0.4, -0.2) is 33.0 Å². The van der Waals surface area contributed by atoms with Crippen molar-refractivity contribution in [1.29, 1.82) is 0 Å². The maximum atomic E-state index is 12.1. The number of hydrogen-bond acceptors (Lipinski definition) is 4. The maximum Gasteiger partial charge on any atom is 0.253 e. The number of nitrogens with zero attached hydrogens (tertiary/aromatic N) is 2. The highest BCUT2D eigenvalue weighted by Gasteiger charge is 2.19. The third-order valence-corrected chi connectivity index (χ3v) is 3.41. The molecule has 0 fully saturated rings. The number of aromatic nitrogens is 3. The molecule has 2 rings (SSSR count). The third kappa shape index (κ3) is 3.71. The van der Waals surface area contributed by atoms with Gasteiger partial charge < -0.3 is 5.32 Å². The smallest absolute Gasteiger partial charge is 0.253 e. The lowest BCUT2D eigenvalue weighted by Gasteiger charge is -2.13. The fourth-order valence-corrected chi connectivity index (χ4v) is 1.90. The van der Waals surface area contributed by atoms with Crippen molar-refractivity contribution in [3.05, 3.63) is 40.1 Å². The SMILES string of the molecule is CC(NC(=O)c1cccc(Cl)c1Cl)C(=O)Nc1ncn[nH]1. The van der Waals surface area contributed by atoms with Gasteiger partial charge in [0.25, 0.3) is 5.91 Å². The Bertz CT molecular complexity index is 660. The van der Waals surface area contributed by atoms with Crippen LogP contribution < -0.4 is 10.6 Å². The first-order valence-corrected chi connectivity index (χ1v) is 6.65. The van der Waals surface area contributed by atoms with Gasteiger partial charge in [-0.3, -0.25) is 14.9 Å². The summed E-state index contributed by atoms with van der Waals surface area (Å²) in [6.07, 6.45) is 1.25. The van der Waals surface area contributed by atoms with Crippen LogP contribution in [0.15, 0.2) is 24.5 Å². The van der Waals surface area contributed by atoms with Gasteiger partial charge in [-0.05, 0) is 19.1 Å². The van der Waals surface area contributed by atoms with Crippen LogP contribution in [0.1, 0.15) is 17.3 Å². The average molecular weight is 328 g/mol. The van der Waals surface area contributed by atoms with Crippen LogP contribution >= 0.6 is 23.2 Å². The van der Waals surface area contributed by atoms with Crippen molar-refractivity contribution >= 4 is 41.0 Å². The zero-order valence-corrected chi connectivity index (χ0v) is 12.4. The Balaban J connectivity index is 2.01. The molecule has 2 amide bonds. The van der Waals surface area contributed by atoms with Gasteiger partial charge in [0.15, 0.2) is 0 Å². The van der Waals surface area contributed by atoms with Gasteiger partial charge in [-0.2, -0.15) is 10.1 Å². The number of anilines is 1. The lowest BCUT2D eigenvalue weighted by atomic mass is 10.2. The second-order valence-electron chi connectivity index (χ2n) is 4.12. The standard InChI is InChI=1S/C12H11Cl2N5O2/c1-6(10(20)18-12-15-5-16-19-12)17-11(21)7-3-2-4-8(13)9(7)14/h2-6H,1H3,(H,17,21)(H2,15,16,18,19,20). The highest BCUT2D eigenvalue weighted by atomic mass is 35.5. The monoisotopic (exact) mass is 327 g/mol. The Labute approximate surface area is 130 Å². The Morgan fingerprint density at radius 1 is 1.33 bits per heavy atom. The summed E-state index contributed by atoms with van der Waals surface area (Å²) in [6.45, 7) is 1.53. The molecule has 0 spiro atoms. The number of halogens is 2. The van der Waals surface area contributed by atoms with Crippen molar-refractivity contribution in [3.63, 3.8) is 0 Å². The molecular formula is C12H11Cl2N5O2. The van der Waals surface area contributed by atoms with Gasteiger partial charge in [0.1, 0.15) is 12.4 Å². The van der Waals surface area contributed by atoms with E-state index >= 15 is 0 Å². The fraction of sp³-hybridized carbons (Fsp3) is 0.167. The molecule has 1 aromatic heterocycles. The minimum absolute atomic E-state index is 0.138. The van der Waals surface area contributed by atoms with E-state index in [0.717, 1.165) is 0 Å². The van der Waals surface area contributed by atoms with E-state index in [-0.39, 0.29) is 21.6 Å². The highest BCUT2D eigenvalue weighted by molar-refractivity contribution is 6.43. The predicted molar refractivity (Wildman–Crippen MR) is 78.4 cm³/mol. The first-order valence-electron chi connectivity index (χ1n) is 5.90. The lowest BCUT2D eigenvalue weighted by Crippen LogP contribution is -2.41. The van der Waals surface area contributed by atoms with E-state index in [4.69, 9.17) is 23.2 Å². The molecule has 3 N–H and O–H groups in total. The molecule has 21 heavy (non-hydrogen) atoms. The summed E-state index contributed by atoms with van der Waals surface area (Å²) in [5, 5.41) is 11.5. The normalized spacial score (nSPS) is 11.8. The molecule has 0 aliphatic heterocycles. The molecule has 0 saturated heterocycles. The highest BCUT2D eigenvalue weighted by Crippen LogP contribution is 2.25. The number of amides is 2. The number of rotatable bonds is 4. The second kappa shape index (κ2) is 6.55. The minimum atomic E-state index is -0.794. The van der Waals surface area contributed by atoms with E-state index in [1.807, 2.05) is 0 Å². The number of carbonyl (C=O) groups excluding carboxylic acids is 2. The van der Waals surface area contributed by atoms with Crippen LogP contribution in [0, 0.1) is 0 Å². The summed E-state index contributed by atoms with van der Waals surface area (Å²) in [5.74, 6) is -0.747. The van der Waals surface area contributed by atoms with Crippen LogP contribution in [0.3, 0.4) is 0 Å². The molecule has 0 radical (unpaired) electrons. The van der Waals surface area contributed by atoms with Crippen LogP contribution in [0.4, 0.5) is 5.95 Å². The first kappa shape index (κ1) is 15.3. The molecule has 1 atom stereocenters. The Morgan fingerprint density at radius 3 is 2.76 bits per heavy atom. The van der Waals surface area contributed by atoms with Crippen molar-refractivity contribution in [2.45, 2.75) is 13.0 Å². The number of H-pyrrole nitrogens is 1. The van der Waals surface area contributed by atoms with E-state index in [0.29, 0.717) is 0 Å². The Hall–Kier alpha value is -2.12. The van der Waals surface area contributed by atoms with Crippen molar-refractivity contribution in [2.75, 3.05) is 5.32 Å². The second-order valence-corrected chi connectivity index (χ2v) is 4.91. The van der Waals surface area contributed by atoms with Crippen LogP contribution in [0.2, 0.25) is 10.0 Å². The zero-order valence-electron chi connectivity index (χ0n) is 10.9. The quantitative estimate of drug-likeness (QED) is 0.798. The summed E-state index contributed by atoms with van der Waals surface area (Å²) in [7, 11) is 0. The van der Waals surface area contributed by atoms with Gasteiger partial charge in [0, 0.05) is 0 Å². The van der Waals surface area contributed by atoms with Crippen LogP contribution in [0.25, 0.3) is 0 Å². The predicted octanol–water partition coefficient (Wildman–Crippen LogP) is 1.87. The zero-order chi connectivity index (χ0) is 15.4. The number of nitrogens with one attached hydrogen (secondary N) is 3. The summed E-state index contributed by atoms with van der Waals surface area (Å²) < 4.78 is 0. The Kier molecular flexibility index (Phi) is 4.77. The topological polar surface area (TPSA) is 99.8 Å². The van der Waals surface area contributed by atoms with Crippen molar-refractivity contribution in [1.82, 2.24) is 20.5 Å². The maximum absolute atomic E-state index is 12.1. The van der Waals surface area contributed by atoms with Gasteiger partial charge in [-0.15, -0.1) is 0 Å². The molecule has 7 nitrogen and oxygen atoms in total. The lowest BCUT2D eigenvalue weighted by molar-refractivity contribution is -0.117. The van der Waals surface area contributed by atoms with Gasteiger partial charge >= 0.3 is 0 Å². The number of aromatic amines is 1. The summed E-state index contributed by atoms with van der Waals surface area (Å²) in [6, 6.07) is 3.89. The molecule has 0 saturated carbocycles. The van der Waals surface area contributed by atoms with Crippen molar-refractivity contribution < 1.29 is 9.59 Å². The van der Waals surface area contributed by atoms with E-state index in [2.05, 4.69) is 25.8 Å². The van der Waals surface area contributed by atoms with Crippen molar-refractivity contribution in [3.8, 4) is 0 Å². The molecule has 110 valence electrons. The van der Waals surface area contributed by atoms with Crippen LogP contribution in [-0.2, 0) is 4.79 Å². The van der Waals surface area contributed by atoms with E-state index in [1.54, 1.807) is 12.1 Å². The number of hydrogen-bond donors (Lipinski definition) is 3. The van der Waals surface area contributed by atoms with E-state index in [1.165, 1.54) is 19.3 Å². The first-order chi connectivity index (χ1) is 9.99. The average Bonchev–Trinajstić information content (AvgIpc) is 2.94. The summed E-state index contributed by atoms with van der Waals surface area (Å²) in [5.41, 5.74) is 0.198. The molecule has 0 bridgehead atoms. The van der Waals surface area contributed by atoms with E-state index in [9.17, 15) is 9.59 Å².